The van der Waals surface area contributed by atoms with E-state index in [-0.39, 0.29) is 38.6 Å². The Morgan fingerprint density at radius 2 is 2.30 bits per heavy atom. The Balaban J connectivity index is 0.00000200. The molecule has 0 aromatic heterocycles. The van der Waals surface area contributed by atoms with E-state index in [9.17, 15) is 4.79 Å². The molecule has 103 valence electrons. The molecule has 0 unspecified atom stereocenters. The van der Waals surface area contributed by atoms with Gasteiger partial charge in [-0.15, -0.1) is 35.3 Å². The molecule has 1 radical (unpaired) electrons. The molecule has 0 saturated heterocycles. The smallest absolute Gasteiger partial charge is 0.222 e. The maximum Gasteiger partial charge on any atom is 0.222 e. The van der Waals surface area contributed by atoms with Crippen molar-refractivity contribution < 1.29 is 42.2 Å². The number of benzene rings is 1. The zero-order valence-corrected chi connectivity index (χ0v) is 15.0. The van der Waals surface area contributed by atoms with E-state index in [1.165, 1.54) is 0 Å². The van der Waals surface area contributed by atoms with Crippen LogP contribution >= 0.6 is 11.6 Å². The number of carbonyl (C=O) groups is 1. The molecule has 0 saturated carbocycles. The van der Waals surface area contributed by atoms with Crippen LogP contribution in [0.5, 0.6) is 5.75 Å². The molecule has 1 heterocycles. The minimum absolute atomic E-state index is 0. The third kappa shape index (κ3) is 3.94. The fourth-order valence-electron chi connectivity index (χ4n) is 1.91. The first kappa shape index (κ1) is 17.4. The van der Waals surface area contributed by atoms with Crippen LogP contribution in [-0.4, -0.2) is 24.5 Å². The van der Waals surface area contributed by atoms with E-state index in [2.05, 4.69) is 12.7 Å². The number of amides is 1. The average Bonchev–Trinajstić information content (AvgIpc) is 2.40. The number of allylic oxidation sites excluding steroid dienone is 1. The van der Waals surface area contributed by atoms with Crippen LogP contribution in [-0.2, 0) is 37.5 Å². The predicted octanol–water partition coefficient (Wildman–Crippen LogP) is 3.30. The van der Waals surface area contributed by atoms with Crippen molar-refractivity contribution in [3.63, 3.8) is 0 Å². The number of hydrogen-bond donors (Lipinski definition) is 0. The molecule has 1 aromatic rings. The van der Waals surface area contributed by atoms with Gasteiger partial charge in [-0.1, -0.05) is 12.7 Å². The SMILES string of the molecule is C=CCOc1ccc(C2=[C-]CCC(=O)N2C)c(Cl)c1.[Y]. The van der Waals surface area contributed by atoms with Gasteiger partial charge in [0, 0.05) is 46.2 Å². The van der Waals surface area contributed by atoms with E-state index < -0.39 is 0 Å². The predicted molar refractivity (Wildman–Crippen MR) is 75.8 cm³/mol. The van der Waals surface area contributed by atoms with Gasteiger partial charge < -0.3 is 9.64 Å². The second-order valence-electron chi connectivity index (χ2n) is 4.22. The number of hydrogen-bond acceptors (Lipinski definition) is 2. The quantitative estimate of drug-likeness (QED) is 0.605. The zero-order valence-electron chi connectivity index (χ0n) is 11.4. The summed E-state index contributed by atoms with van der Waals surface area (Å²) in [7, 11) is 1.74. The van der Waals surface area contributed by atoms with Gasteiger partial charge in [-0.05, 0) is 17.2 Å². The summed E-state index contributed by atoms with van der Waals surface area (Å²) in [6.07, 6.45) is 6.00. The summed E-state index contributed by atoms with van der Waals surface area (Å²) in [5.41, 5.74) is 1.53. The number of rotatable bonds is 4. The van der Waals surface area contributed by atoms with Gasteiger partial charge in [-0.2, -0.15) is 0 Å². The Bertz CT molecular complexity index is 543. The Morgan fingerprint density at radius 1 is 1.55 bits per heavy atom. The molecule has 0 aliphatic carbocycles. The van der Waals surface area contributed by atoms with Crippen LogP contribution < -0.4 is 4.74 Å². The Labute approximate surface area is 149 Å². The number of halogens is 1. The molecular formula is C15H15ClNO2Y-. The van der Waals surface area contributed by atoms with Gasteiger partial charge in [-0.3, -0.25) is 4.79 Å². The maximum absolute atomic E-state index is 11.7. The van der Waals surface area contributed by atoms with Crippen molar-refractivity contribution in [3.8, 4) is 5.75 Å². The van der Waals surface area contributed by atoms with Crippen LogP contribution in [0.3, 0.4) is 0 Å². The molecule has 0 atom stereocenters. The van der Waals surface area contributed by atoms with Crippen molar-refractivity contribution in [2.75, 3.05) is 13.7 Å². The molecule has 1 aliphatic heterocycles. The fraction of sp³-hybridized carbons (Fsp3) is 0.267. The molecule has 20 heavy (non-hydrogen) atoms. The van der Waals surface area contributed by atoms with E-state index >= 15 is 0 Å². The molecule has 2 rings (SSSR count). The van der Waals surface area contributed by atoms with E-state index in [1.807, 2.05) is 12.1 Å². The third-order valence-corrected chi connectivity index (χ3v) is 3.22. The summed E-state index contributed by atoms with van der Waals surface area (Å²) in [5.74, 6) is 0.760. The number of ether oxygens (including phenoxy) is 1. The van der Waals surface area contributed by atoms with E-state index in [4.69, 9.17) is 16.3 Å². The van der Waals surface area contributed by atoms with E-state index in [1.54, 1.807) is 24.1 Å². The molecule has 0 fully saturated rings. The zero-order chi connectivity index (χ0) is 13.8. The Morgan fingerprint density at radius 3 is 2.95 bits per heavy atom. The minimum Gasteiger partial charge on any atom is -0.490 e. The van der Waals surface area contributed by atoms with Crippen molar-refractivity contribution in [1.29, 1.82) is 0 Å². The monoisotopic (exact) mass is 365 g/mol. The molecule has 1 aliphatic rings. The molecular weight excluding hydrogens is 351 g/mol. The van der Waals surface area contributed by atoms with Gasteiger partial charge in [0.1, 0.15) is 12.4 Å². The second-order valence-corrected chi connectivity index (χ2v) is 4.63. The normalized spacial score (nSPS) is 14.4. The summed E-state index contributed by atoms with van der Waals surface area (Å²) in [6, 6.07) is 5.41. The molecule has 1 amide bonds. The maximum atomic E-state index is 11.7. The second kappa shape index (κ2) is 7.97. The standard InChI is InChI=1S/C15H15ClNO2.Y/c1-3-9-19-11-7-8-12(13(16)10-11)14-5-4-6-15(18)17(14)2;/h3,7-8,10H,1,4,6,9H2,2H3;/q-1;. The van der Waals surface area contributed by atoms with E-state index in [0.29, 0.717) is 30.2 Å². The van der Waals surface area contributed by atoms with Crippen LogP contribution in [0.2, 0.25) is 5.02 Å². The Hall–Kier alpha value is -0.636. The van der Waals surface area contributed by atoms with Gasteiger partial charge in [0.2, 0.25) is 5.91 Å². The first-order valence-corrected chi connectivity index (χ1v) is 6.42. The van der Waals surface area contributed by atoms with Gasteiger partial charge in [0.25, 0.3) is 0 Å². The minimum atomic E-state index is 0. The summed E-state index contributed by atoms with van der Waals surface area (Å²) < 4.78 is 5.41. The average molecular weight is 366 g/mol. The molecule has 0 N–H and O–H groups in total. The fourth-order valence-corrected chi connectivity index (χ4v) is 2.17. The summed E-state index contributed by atoms with van der Waals surface area (Å²) in [5, 5.41) is 0.547. The van der Waals surface area contributed by atoms with Crippen LogP contribution in [0, 0.1) is 6.08 Å². The summed E-state index contributed by atoms with van der Waals surface area (Å²) in [6.45, 7) is 4.02. The van der Waals surface area contributed by atoms with Crippen molar-refractivity contribution in [2.45, 2.75) is 12.8 Å². The van der Waals surface area contributed by atoms with Crippen molar-refractivity contribution in [2.24, 2.45) is 0 Å². The first-order valence-electron chi connectivity index (χ1n) is 6.04. The summed E-state index contributed by atoms with van der Waals surface area (Å²) in [4.78, 5) is 13.3. The van der Waals surface area contributed by atoms with Crippen LogP contribution in [0.4, 0.5) is 0 Å². The molecule has 0 bridgehead atoms. The van der Waals surface area contributed by atoms with Gasteiger partial charge >= 0.3 is 0 Å². The molecule has 0 spiro atoms. The Kier molecular flexibility index (Phi) is 6.94. The van der Waals surface area contributed by atoms with Gasteiger partial charge in [-0.25, -0.2) is 6.08 Å². The topological polar surface area (TPSA) is 29.5 Å². The first-order chi connectivity index (χ1) is 9.13. The third-order valence-electron chi connectivity index (χ3n) is 2.90. The summed E-state index contributed by atoms with van der Waals surface area (Å²) >= 11 is 6.25. The van der Waals surface area contributed by atoms with Crippen LogP contribution in [0.15, 0.2) is 30.9 Å². The molecule has 5 heteroatoms. The largest absolute Gasteiger partial charge is 0.490 e. The van der Waals surface area contributed by atoms with Crippen LogP contribution in [0.1, 0.15) is 18.4 Å². The number of carbonyl (C=O) groups excluding carboxylic acids is 1. The molecule has 1 aromatic carbocycles. The van der Waals surface area contributed by atoms with Crippen molar-refractivity contribution >= 4 is 23.2 Å². The van der Waals surface area contributed by atoms with Gasteiger partial charge in [0.15, 0.2) is 0 Å². The van der Waals surface area contributed by atoms with Crippen molar-refractivity contribution in [3.05, 3.63) is 47.5 Å². The van der Waals surface area contributed by atoms with E-state index in [0.717, 1.165) is 11.3 Å². The van der Waals surface area contributed by atoms with Gasteiger partial charge in [0.05, 0.1) is 0 Å². The molecule has 3 nitrogen and oxygen atoms in total. The van der Waals surface area contributed by atoms with Crippen molar-refractivity contribution in [1.82, 2.24) is 4.90 Å². The number of nitrogens with zero attached hydrogens (tertiary/aromatic N) is 1. The van der Waals surface area contributed by atoms with Crippen LogP contribution in [0.25, 0.3) is 5.70 Å².